The van der Waals surface area contributed by atoms with Gasteiger partial charge in [0.1, 0.15) is 10.4 Å². The number of pyridine rings is 1. The zero-order valence-corrected chi connectivity index (χ0v) is 13.9. The molecule has 2 fully saturated rings. The van der Waals surface area contributed by atoms with E-state index >= 15 is 0 Å². The molecule has 2 aromatic heterocycles. The van der Waals surface area contributed by atoms with Gasteiger partial charge >= 0.3 is 5.97 Å². The van der Waals surface area contributed by atoms with Gasteiger partial charge in [-0.05, 0) is 22.0 Å². The Bertz CT molecular complexity index is 812. The first-order chi connectivity index (χ1) is 11.4. The van der Waals surface area contributed by atoms with Gasteiger partial charge in [-0.3, -0.25) is 4.68 Å². The number of fused-ring (bicyclic) bond motifs is 1. The van der Waals surface area contributed by atoms with Crippen LogP contribution in [0.1, 0.15) is 15.9 Å². The molecule has 24 heavy (non-hydrogen) atoms. The van der Waals surface area contributed by atoms with Crippen LogP contribution in [0.5, 0.6) is 0 Å². The van der Waals surface area contributed by atoms with E-state index in [1.165, 1.54) is 17.1 Å². The van der Waals surface area contributed by atoms with Crippen LogP contribution in [0, 0.1) is 11.8 Å². The second-order valence-electron chi connectivity index (χ2n) is 6.14. The molecule has 1 saturated carbocycles. The summed E-state index contributed by atoms with van der Waals surface area (Å²) in [4.78, 5) is 17.2. The number of rotatable bonds is 4. The minimum absolute atomic E-state index is 0.118. The van der Waals surface area contributed by atoms with Gasteiger partial charge in [-0.15, -0.1) is 0 Å². The molecule has 0 amide bonds. The minimum atomic E-state index is -2.50. The lowest BCUT2D eigenvalue weighted by molar-refractivity contribution is 0.0696. The quantitative estimate of drug-likeness (QED) is 0.801. The number of hydrogen-bond donors (Lipinski definition) is 1. The van der Waals surface area contributed by atoms with E-state index in [1.807, 2.05) is 11.0 Å². The van der Waals surface area contributed by atoms with Gasteiger partial charge in [-0.25, -0.2) is 18.6 Å². The number of alkyl halides is 2. The van der Waals surface area contributed by atoms with E-state index in [0.29, 0.717) is 30.1 Å². The molecule has 6 nitrogen and oxygen atoms in total. The van der Waals surface area contributed by atoms with Crippen LogP contribution in [0.25, 0.3) is 0 Å². The first-order valence-corrected chi connectivity index (χ1v) is 8.19. The van der Waals surface area contributed by atoms with Crippen LogP contribution in [0.3, 0.4) is 0 Å². The average Bonchev–Trinajstić information content (AvgIpc) is 3.00. The molecule has 9 heteroatoms. The Kier molecular flexibility index (Phi) is 3.38. The Morgan fingerprint density at radius 1 is 1.38 bits per heavy atom. The fourth-order valence-electron chi connectivity index (χ4n) is 3.18. The molecule has 0 spiro atoms. The van der Waals surface area contributed by atoms with Crippen molar-refractivity contribution < 1.29 is 18.7 Å². The van der Waals surface area contributed by atoms with E-state index in [4.69, 9.17) is 5.11 Å². The summed E-state index contributed by atoms with van der Waals surface area (Å²) in [5, 5.41) is 12.9. The first-order valence-electron chi connectivity index (χ1n) is 7.40. The topological polar surface area (TPSA) is 71.2 Å². The Balaban J connectivity index is 1.47. The van der Waals surface area contributed by atoms with Gasteiger partial charge < -0.3 is 10.0 Å². The molecule has 1 N–H and O–H groups in total. The number of carboxylic acid groups (broad SMARTS) is 1. The number of carboxylic acids is 1. The van der Waals surface area contributed by atoms with Crippen LogP contribution in [-0.2, 0) is 6.54 Å². The molecule has 3 heterocycles. The molecule has 0 aromatic carbocycles. The summed E-state index contributed by atoms with van der Waals surface area (Å²) in [6, 6.07) is 3.64. The molecule has 1 aliphatic heterocycles. The number of hydrogen-bond acceptors (Lipinski definition) is 4. The fourth-order valence-corrected chi connectivity index (χ4v) is 3.62. The Morgan fingerprint density at radius 3 is 2.67 bits per heavy atom. The smallest absolute Gasteiger partial charge is 0.338 e. The van der Waals surface area contributed by atoms with Gasteiger partial charge in [0, 0.05) is 24.8 Å². The Hall–Kier alpha value is -2.03. The normalized spacial score (nSPS) is 24.0. The predicted octanol–water partition coefficient (Wildman–Crippen LogP) is 2.49. The van der Waals surface area contributed by atoms with Crippen LogP contribution in [0.15, 0.2) is 29.1 Å². The van der Waals surface area contributed by atoms with E-state index in [9.17, 15) is 13.6 Å². The number of nitrogens with zero attached hydrogens (tertiary/aromatic N) is 4. The molecule has 1 saturated heterocycles. The summed E-state index contributed by atoms with van der Waals surface area (Å²) in [5.74, 6) is -3.96. The highest BCUT2D eigenvalue weighted by Gasteiger charge is 2.71. The monoisotopic (exact) mass is 398 g/mol. The van der Waals surface area contributed by atoms with Crippen molar-refractivity contribution in [3.05, 3.63) is 40.3 Å². The van der Waals surface area contributed by atoms with Gasteiger partial charge in [0.15, 0.2) is 0 Å². The highest BCUT2D eigenvalue weighted by molar-refractivity contribution is 9.10. The van der Waals surface area contributed by atoms with Crippen LogP contribution in [0.2, 0.25) is 0 Å². The minimum Gasteiger partial charge on any atom is -0.478 e. The van der Waals surface area contributed by atoms with Crippen molar-refractivity contribution in [3.63, 3.8) is 0 Å². The number of carbonyl (C=O) groups is 1. The van der Waals surface area contributed by atoms with Crippen LogP contribution >= 0.6 is 15.9 Å². The summed E-state index contributed by atoms with van der Waals surface area (Å²) in [6.07, 6.45) is 2.73. The summed E-state index contributed by atoms with van der Waals surface area (Å²) in [6.45, 7) is 1.03. The number of anilines is 1. The van der Waals surface area contributed by atoms with Gasteiger partial charge in [0.25, 0.3) is 5.92 Å². The van der Waals surface area contributed by atoms with E-state index in [0.717, 1.165) is 5.56 Å². The molecular weight excluding hydrogens is 386 g/mol. The summed E-state index contributed by atoms with van der Waals surface area (Å²) >= 11 is 3.39. The van der Waals surface area contributed by atoms with Crippen LogP contribution in [-0.4, -0.2) is 44.9 Å². The molecule has 1 aliphatic carbocycles. The molecule has 4 rings (SSSR count). The zero-order chi connectivity index (χ0) is 17.1. The highest BCUT2D eigenvalue weighted by atomic mass is 79.9. The standard InChI is InChI=1S/C15H13BrF2N4O2/c16-13-8(4-22-5-9(3-19-22)14(23)24)1-2-12(20-13)21-6-10-11(7-21)15(10,17)18/h1-3,5,10-11H,4,6-7H2,(H,23,24). The molecule has 0 radical (unpaired) electrons. The fraction of sp³-hybridized carbons (Fsp3) is 0.400. The van der Waals surface area contributed by atoms with Gasteiger partial charge in [0.2, 0.25) is 0 Å². The summed E-state index contributed by atoms with van der Waals surface area (Å²) < 4.78 is 28.6. The third kappa shape index (κ3) is 2.47. The largest absolute Gasteiger partial charge is 0.478 e. The van der Waals surface area contributed by atoms with Crippen molar-refractivity contribution in [2.24, 2.45) is 11.8 Å². The van der Waals surface area contributed by atoms with Gasteiger partial charge in [0.05, 0.1) is 30.1 Å². The predicted molar refractivity (Wildman–Crippen MR) is 84.4 cm³/mol. The molecular formula is C15H13BrF2N4O2. The van der Waals surface area contributed by atoms with Crippen molar-refractivity contribution in [1.82, 2.24) is 14.8 Å². The number of piperidine rings is 1. The molecule has 2 atom stereocenters. The van der Waals surface area contributed by atoms with Crippen molar-refractivity contribution in [2.45, 2.75) is 12.5 Å². The second kappa shape index (κ2) is 5.23. The lowest BCUT2D eigenvalue weighted by Crippen LogP contribution is -2.28. The summed E-state index contributed by atoms with van der Waals surface area (Å²) in [5.41, 5.74) is 0.946. The summed E-state index contributed by atoms with van der Waals surface area (Å²) in [7, 11) is 0. The van der Waals surface area contributed by atoms with Gasteiger partial charge in [-0.1, -0.05) is 6.07 Å². The van der Waals surface area contributed by atoms with Crippen molar-refractivity contribution in [2.75, 3.05) is 18.0 Å². The first kappa shape index (κ1) is 15.5. The van der Waals surface area contributed by atoms with Crippen molar-refractivity contribution >= 4 is 27.7 Å². The zero-order valence-electron chi connectivity index (χ0n) is 12.4. The number of aromatic carboxylic acids is 1. The Morgan fingerprint density at radius 2 is 2.08 bits per heavy atom. The second-order valence-corrected chi connectivity index (χ2v) is 6.89. The molecule has 2 aromatic rings. The maximum Gasteiger partial charge on any atom is 0.338 e. The van der Waals surface area contributed by atoms with Crippen LogP contribution < -0.4 is 4.90 Å². The highest BCUT2D eigenvalue weighted by Crippen LogP contribution is 2.59. The molecule has 2 aliphatic rings. The van der Waals surface area contributed by atoms with E-state index in [1.54, 1.807) is 6.07 Å². The van der Waals surface area contributed by atoms with Crippen molar-refractivity contribution in [1.29, 1.82) is 0 Å². The van der Waals surface area contributed by atoms with Crippen LogP contribution in [0.4, 0.5) is 14.6 Å². The van der Waals surface area contributed by atoms with E-state index in [2.05, 4.69) is 26.0 Å². The number of aromatic nitrogens is 3. The van der Waals surface area contributed by atoms with Gasteiger partial charge in [-0.2, -0.15) is 5.10 Å². The lowest BCUT2D eigenvalue weighted by atomic mass is 10.2. The maximum absolute atomic E-state index is 13.3. The van der Waals surface area contributed by atoms with Crippen molar-refractivity contribution in [3.8, 4) is 0 Å². The third-order valence-corrected chi connectivity index (χ3v) is 5.33. The molecule has 2 unspecified atom stereocenters. The maximum atomic E-state index is 13.3. The SMILES string of the molecule is O=C(O)c1cnn(Cc2ccc(N3CC4C(C3)C4(F)F)nc2Br)c1. The van der Waals surface area contributed by atoms with E-state index < -0.39 is 23.7 Å². The molecule has 0 bridgehead atoms. The Labute approximate surface area is 144 Å². The lowest BCUT2D eigenvalue weighted by Gasteiger charge is -2.21. The third-order valence-electron chi connectivity index (χ3n) is 4.65. The molecule has 126 valence electrons. The average molecular weight is 399 g/mol. The number of halogens is 3. The van der Waals surface area contributed by atoms with E-state index in [-0.39, 0.29) is 5.56 Å².